The fourth-order valence-corrected chi connectivity index (χ4v) is 2.50. The van der Waals surface area contributed by atoms with E-state index in [9.17, 15) is 14.0 Å². The fraction of sp³-hybridized carbons (Fsp3) is 0.385. The lowest BCUT2D eigenvalue weighted by atomic mass is 9.92. The Balaban J connectivity index is 3.12. The second kappa shape index (κ2) is 6.25. The Kier molecular flexibility index (Phi) is 5.42. The molecule has 0 bridgehead atoms. The monoisotopic (exact) mass is 322 g/mol. The molecule has 0 fully saturated rings. The van der Waals surface area contributed by atoms with Crippen LogP contribution in [0.2, 0.25) is 5.02 Å². The predicted octanol–water partition coefficient (Wildman–Crippen LogP) is 4.91. The van der Waals surface area contributed by atoms with Crippen LogP contribution in [0.25, 0.3) is 0 Å². The molecule has 19 heavy (non-hydrogen) atoms. The molecule has 0 unspecified atom stereocenters. The standard InChI is InChI=1S/C13H13Cl2FO2S/c1-4-13(2,3)12(18)19-10-5-7(11(15)17)9(16)6-8(10)14/h5-6H,4H2,1-3H3. The Morgan fingerprint density at radius 1 is 1.37 bits per heavy atom. The average Bonchev–Trinajstić information content (AvgIpc) is 2.31. The SMILES string of the molecule is CCC(C)(C)C(=O)Sc1cc(C(=O)Cl)c(F)cc1Cl. The zero-order valence-corrected chi connectivity index (χ0v) is 13.0. The lowest BCUT2D eigenvalue weighted by molar-refractivity contribution is -0.118. The lowest BCUT2D eigenvalue weighted by Gasteiger charge is -2.20. The Bertz CT molecular complexity index is 530. The molecule has 1 aromatic carbocycles. The van der Waals surface area contributed by atoms with Gasteiger partial charge in [0.05, 0.1) is 10.6 Å². The van der Waals surface area contributed by atoms with Gasteiger partial charge in [-0.15, -0.1) is 0 Å². The molecule has 0 aliphatic rings. The quantitative estimate of drug-likeness (QED) is 0.583. The first-order chi connectivity index (χ1) is 8.69. The molecule has 0 aliphatic heterocycles. The summed E-state index contributed by atoms with van der Waals surface area (Å²) in [6, 6.07) is 2.20. The first-order valence-electron chi connectivity index (χ1n) is 5.60. The third kappa shape index (κ3) is 3.94. The van der Waals surface area contributed by atoms with Gasteiger partial charge < -0.3 is 0 Å². The van der Waals surface area contributed by atoms with Crippen LogP contribution in [0.15, 0.2) is 17.0 Å². The topological polar surface area (TPSA) is 34.1 Å². The van der Waals surface area contributed by atoms with Crippen LogP contribution in [-0.4, -0.2) is 10.4 Å². The molecule has 2 nitrogen and oxygen atoms in total. The number of thioether (sulfide) groups is 1. The Morgan fingerprint density at radius 2 is 1.95 bits per heavy atom. The number of halogens is 3. The van der Waals surface area contributed by atoms with E-state index in [0.29, 0.717) is 11.3 Å². The zero-order chi connectivity index (χ0) is 14.8. The van der Waals surface area contributed by atoms with Gasteiger partial charge in [0.1, 0.15) is 5.82 Å². The van der Waals surface area contributed by atoms with Crippen LogP contribution >= 0.6 is 35.0 Å². The van der Waals surface area contributed by atoms with Crippen molar-refractivity contribution in [2.45, 2.75) is 32.1 Å². The molecule has 1 aromatic rings. The lowest BCUT2D eigenvalue weighted by Crippen LogP contribution is -2.19. The zero-order valence-electron chi connectivity index (χ0n) is 10.7. The third-order valence-electron chi connectivity index (χ3n) is 2.87. The summed E-state index contributed by atoms with van der Waals surface area (Å²) in [5, 5.41) is -0.931. The van der Waals surface area contributed by atoms with E-state index < -0.39 is 16.5 Å². The van der Waals surface area contributed by atoms with Crippen LogP contribution in [0.1, 0.15) is 37.6 Å². The Morgan fingerprint density at radius 3 is 2.42 bits per heavy atom. The number of benzene rings is 1. The fourth-order valence-electron chi connectivity index (χ4n) is 1.14. The molecular formula is C13H13Cl2FO2S. The highest BCUT2D eigenvalue weighted by atomic mass is 35.5. The van der Waals surface area contributed by atoms with Crippen LogP contribution in [0, 0.1) is 11.2 Å². The van der Waals surface area contributed by atoms with Crippen molar-refractivity contribution in [3.8, 4) is 0 Å². The first-order valence-corrected chi connectivity index (χ1v) is 7.17. The minimum Gasteiger partial charge on any atom is -0.286 e. The summed E-state index contributed by atoms with van der Waals surface area (Å²) >= 11 is 12.0. The molecule has 0 heterocycles. The van der Waals surface area contributed by atoms with Crippen LogP contribution < -0.4 is 0 Å². The summed E-state index contributed by atoms with van der Waals surface area (Å²) in [4.78, 5) is 23.5. The minimum atomic E-state index is -0.918. The van der Waals surface area contributed by atoms with Gasteiger partial charge >= 0.3 is 0 Å². The molecule has 1 rings (SSSR count). The molecule has 0 aliphatic carbocycles. The van der Waals surface area contributed by atoms with Gasteiger partial charge in [0.15, 0.2) is 5.12 Å². The van der Waals surface area contributed by atoms with Crippen LogP contribution in [-0.2, 0) is 4.79 Å². The van der Waals surface area contributed by atoms with E-state index in [1.807, 2.05) is 20.8 Å². The molecule has 0 atom stereocenters. The van der Waals surface area contributed by atoms with Crippen molar-refractivity contribution in [2.24, 2.45) is 5.41 Å². The van der Waals surface area contributed by atoms with E-state index >= 15 is 0 Å². The largest absolute Gasteiger partial charge is 0.286 e. The van der Waals surface area contributed by atoms with Gasteiger partial charge in [-0.1, -0.05) is 32.4 Å². The summed E-state index contributed by atoms with van der Waals surface area (Å²) in [6.07, 6.45) is 0.666. The molecule has 0 aromatic heterocycles. The van der Waals surface area contributed by atoms with Crippen molar-refractivity contribution >= 4 is 45.3 Å². The Labute approximate surface area is 125 Å². The Hall–Kier alpha value is -0.580. The summed E-state index contributed by atoms with van der Waals surface area (Å²) in [5.41, 5.74) is -0.802. The molecule has 104 valence electrons. The van der Waals surface area contributed by atoms with E-state index in [2.05, 4.69) is 0 Å². The van der Waals surface area contributed by atoms with Crippen molar-refractivity contribution in [1.29, 1.82) is 0 Å². The molecule has 0 saturated carbocycles. The van der Waals surface area contributed by atoms with Gasteiger partial charge in [0.2, 0.25) is 0 Å². The normalized spacial score (nSPS) is 11.5. The maximum Gasteiger partial charge on any atom is 0.255 e. The van der Waals surface area contributed by atoms with E-state index in [1.165, 1.54) is 6.07 Å². The van der Waals surface area contributed by atoms with Gasteiger partial charge in [-0.05, 0) is 41.9 Å². The average molecular weight is 323 g/mol. The number of hydrogen-bond acceptors (Lipinski definition) is 3. The van der Waals surface area contributed by atoms with E-state index in [-0.39, 0.29) is 15.7 Å². The highest BCUT2D eigenvalue weighted by Crippen LogP contribution is 2.36. The van der Waals surface area contributed by atoms with Gasteiger partial charge in [-0.3, -0.25) is 9.59 Å². The molecule has 0 spiro atoms. The second-order valence-electron chi connectivity index (χ2n) is 4.66. The van der Waals surface area contributed by atoms with Gasteiger partial charge in [-0.2, -0.15) is 0 Å². The summed E-state index contributed by atoms with van der Waals surface area (Å²) in [7, 11) is 0. The third-order valence-corrected chi connectivity index (χ3v) is 4.80. The van der Waals surface area contributed by atoms with Gasteiger partial charge in [-0.25, -0.2) is 4.39 Å². The van der Waals surface area contributed by atoms with Crippen molar-refractivity contribution in [2.75, 3.05) is 0 Å². The molecular weight excluding hydrogens is 310 g/mol. The molecule has 0 radical (unpaired) electrons. The summed E-state index contributed by atoms with van der Waals surface area (Å²) in [6.45, 7) is 5.53. The molecule has 6 heteroatoms. The number of carbonyl (C=O) groups excluding carboxylic acids is 2. The minimum absolute atomic E-state index is 0.0874. The van der Waals surface area contributed by atoms with Crippen molar-refractivity contribution < 1.29 is 14.0 Å². The molecule has 0 saturated heterocycles. The predicted molar refractivity (Wildman–Crippen MR) is 76.5 cm³/mol. The summed E-state index contributed by atoms with van der Waals surface area (Å²) < 4.78 is 13.4. The molecule has 0 amide bonds. The molecule has 0 N–H and O–H groups in total. The van der Waals surface area contributed by atoms with Crippen molar-refractivity contribution in [1.82, 2.24) is 0 Å². The maximum atomic E-state index is 13.4. The van der Waals surface area contributed by atoms with E-state index in [4.69, 9.17) is 23.2 Å². The summed E-state index contributed by atoms with van der Waals surface area (Å²) in [5.74, 6) is -0.795. The van der Waals surface area contributed by atoms with Crippen molar-refractivity contribution in [3.05, 3.63) is 28.5 Å². The van der Waals surface area contributed by atoms with Gasteiger partial charge in [0.25, 0.3) is 5.24 Å². The van der Waals surface area contributed by atoms with Gasteiger partial charge in [0, 0.05) is 10.3 Å². The number of hydrogen-bond donors (Lipinski definition) is 0. The van der Waals surface area contributed by atoms with Crippen LogP contribution in [0.3, 0.4) is 0 Å². The van der Waals surface area contributed by atoms with E-state index in [0.717, 1.165) is 17.8 Å². The highest BCUT2D eigenvalue weighted by Gasteiger charge is 2.27. The smallest absolute Gasteiger partial charge is 0.255 e. The second-order valence-corrected chi connectivity index (χ2v) is 6.43. The van der Waals surface area contributed by atoms with Crippen LogP contribution in [0.5, 0.6) is 0 Å². The van der Waals surface area contributed by atoms with Crippen molar-refractivity contribution in [3.63, 3.8) is 0 Å². The number of carbonyl (C=O) groups is 2. The van der Waals surface area contributed by atoms with Crippen LogP contribution in [0.4, 0.5) is 4.39 Å². The highest BCUT2D eigenvalue weighted by molar-refractivity contribution is 8.13. The number of rotatable bonds is 4. The maximum absolute atomic E-state index is 13.4. The van der Waals surface area contributed by atoms with E-state index in [1.54, 1.807) is 0 Å². The first kappa shape index (κ1) is 16.5.